The van der Waals surface area contributed by atoms with Gasteiger partial charge in [0.1, 0.15) is 0 Å². The van der Waals surface area contributed by atoms with Crippen molar-refractivity contribution in [2.75, 3.05) is 0 Å². The Labute approximate surface area is 90.4 Å². The highest BCUT2D eigenvalue weighted by atomic mass is 32.3. The van der Waals surface area contributed by atoms with Crippen LogP contribution in [-0.2, 0) is 25.2 Å². The van der Waals surface area contributed by atoms with E-state index in [1.807, 2.05) is 0 Å². The molecule has 17 heavy (non-hydrogen) atoms. The van der Waals surface area contributed by atoms with Gasteiger partial charge in [-0.05, 0) is 0 Å². The Morgan fingerprint density at radius 2 is 0.941 bits per heavy atom. The van der Waals surface area contributed by atoms with Crippen molar-refractivity contribution in [2.45, 2.75) is 0 Å². The third-order valence-electron chi connectivity index (χ3n) is 0.937. The van der Waals surface area contributed by atoms with Gasteiger partial charge in [-0.1, -0.05) is 7.77 Å². The molecule has 0 aliphatic carbocycles. The second-order valence-electron chi connectivity index (χ2n) is 2.07. The highest BCUT2D eigenvalue weighted by molar-refractivity contribution is 7.91. The molecule has 0 bridgehead atoms. The predicted octanol–water partition coefficient (Wildman–Crippen LogP) is 1.73. The molecule has 0 rings (SSSR count). The summed E-state index contributed by atoms with van der Waals surface area (Å²) in [4.78, 5) is 0. The first kappa shape index (κ1) is 15.8. The van der Waals surface area contributed by atoms with Crippen molar-refractivity contribution in [1.29, 1.82) is 0 Å². The zero-order chi connectivity index (χ0) is 14.0. The molecular formula is C4F6O5S2. The average molecular weight is 306 g/mol. The van der Waals surface area contributed by atoms with Crippen LogP contribution in [0.2, 0.25) is 0 Å². The lowest BCUT2D eigenvalue weighted by molar-refractivity contribution is 0.264. The van der Waals surface area contributed by atoms with Crippen molar-refractivity contribution in [1.82, 2.24) is 0 Å². The van der Waals surface area contributed by atoms with Crippen molar-refractivity contribution in [3.8, 4) is 0 Å². The number of rotatable bonds is 4. The van der Waals surface area contributed by atoms with Crippen LogP contribution in [0.25, 0.3) is 0 Å². The maximum atomic E-state index is 12.0. The quantitative estimate of drug-likeness (QED) is 0.449. The Morgan fingerprint density at radius 3 is 1.06 bits per heavy atom. The van der Waals surface area contributed by atoms with Crippen molar-refractivity contribution in [3.05, 3.63) is 22.3 Å². The lowest BCUT2D eigenvalue weighted by Gasteiger charge is -2.04. The van der Waals surface area contributed by atoms with E-state index < -0.39 is 42.8 Å². The fourth-order valence-electron chi connectivity index (χ4n) is 0.445. The second-order valence-corrected chi connectivity index (χ2v) is 4.57. The monoisotopic (exact) mass is 306 g/mol. The van der Waals surface area contributed by atoms with Crippen LogP contribution in [0.3, 0.4) is 0 Å². The third kappa shape index (κ3) is 4.64. The molecule has 0 aromatic heterocycles. The van der Waals surface area contributed by atoms with Gasteiger partial charge in [-0.3, -0.25) is 0 Å². The SMILES string of the molecule is O=S(=O)(F)C(OC(=C(F)F)S(=O)(=O)F)=C(F)F. The molecule has 0 spiro atoms. The molecule has 0 aliphatic heterocycles. The molecular weight excluding hydrogens is 306 g/mol. The van der Waals surface area contributed by atoms with E-state index in [0.717, 1.165) is 0 Å². The third-order valence-corrected chi connectivity index (χ3v) is 2.30. The summed E-state index contributed by atoms with van der Waals surface area (Å²) < 4.78 is 114. The highest BCUT2D eigenvalue weighted by Gasteiger charge is 2.34. The summed E-state index contributed by atoms with van der Waals surface area (Å²) in [7, 11) is -12.7. The van der Waals surface area contributed by atoms with Crippen LogP contribution in [0.1, 0.15) is 0 Å². The molecule has 0 fully saturated rings. The summed E-state index contributed by atoms with van der Waals surface area (Å²) in [5, 5.41) is -6.08. The smallest absolute Gasteiger partial charge is 0.371 e. The molecule has 100 valence electrons. The van der Waals surface area contributed by atoms with Gasteiger partial charge in [0.05, 0.1) is 0 Å². The van der Waals surface area contributed by atoms with Gasteiger partial charge in [0.15, 0.2) is 0 Å². The van der Waals surface area contributed by atoms with Crippen molar-refractivity contribution in [2.24, 2.45) is 0 Å². The molecule has 0 atom stereocenters. The molecule has 0 unspecified atom stereocenters. The minimum absolute atomic E-state index is 2.84. The largest absolute Gasteiger partial charge is 0.419 e. The Morgan fingerprint density at radius 1 is 0.706 bits per heavy atom. The molecule has 0 radical (unpaired) electrons. The lowest BCUT2D eigenvalue weighted by atomic mass is 11.0. The molecule has 5 nitrogen and oxygen atoms in total. The van der Waals surface area contributed by atoms with E-state index in [9.17, 15) is 42.2 Å². The molecule has 0 saturated heterocycles. The van der Waals surface area contributed by atoms with Gasteiger partial charge in [0, 0.05) is 0 Å². The Bertz CT molecular complexity index is 512. The van der Waals surface area contributed by atoms with Gasteiger partial charge in [-0.2, -0.15) is 34.4 Å². The predicted molar refractivity (Wildman–Crippen MR) is 39.6 cm³/mol. The molecule has 0 aliphatic rings. The Balaban J connectivity index is 5.78. The average Bonchev–Trinajstić information content (AvgIpc) is 1.96. The van der Waals surface area contributed by atoms with E-state index in [1.54, 1.807) is 0 Å². The van der Waals surface area contributed by atoms with Gasteiger partial charge >= 0.3 is 42.8 Å². The molecule has 0 heterocycles. The number of ether oxygens (including phenoxy) is 1. The minimum atomic E-state index is -6.34. The fraction of sp³-hybridized carbons (Fsp3) is 0. The number of hydrogen-bond donors (Lipinski definition) is 0. The summed E-state index contributed by atoms with van der Waals surface area (Å²) >= 11 is 0. The summed E-state index contributed by atoms with van der Waals surface area (Å²) in [6.45, 7) is 0. The maximum Gasteiger partial charge on any atom is 0.371 e. The molecule has 0 aromatic rings. The molecule has 0 aromatic carbocycles. The van der Waals surface area contributed by atoms with E-state index in [-0.39, 0.29) is 0 Å². The number of halogens is 6. The van der Waals surface area contributed by atoms with E-state index in [0.29, 0.717) is 0 Å². The Kier molecular flexibility index (Phi) is 4.59. The van der Waals surface area contributed by atoms with E-state index in [1.165, 1.54) is 0 Å². The standard InChI is InChI=1S/C4F6O5S2/c5-1(6)3(16(9,11)12)15-4(2(7)8)17(10,13)14. The minimum Gasteiger partial charge on any atom is -0.419 e. The van der Waals surface area contributed by atoms with E-state index in [2.05, 4.69) is 4.74 Å². The van der Waals surface area contributed by atoms with Gasteiger partial charge in [-0.25, -0.2) is 0 Å². The molecule has 0 amide bonds. The molecule has 13 heteroatoms. The van der Waals surface area contributed by atoms with Crippen LogP contribution in [0.5, 0.6) is 0 Å². The van der Waals surface area contributed by atoms with E-state index in [4.69, 9.17) is 0 Å². The van der Waals surface area contributed by atoms with Gasteiger partial charge in [0.2, 0.25) is 0 Å². The lowest BCUT2D eigenvalue weighted by Crippen LogP contribution is -2.08. The fourth-order valence-corrected chi connectivity index (χ4v) is 1.23. The van der Waals surface area contributed by atoms with Gasteiger partial charge < -0.3 is 4.74 Å². The number of hydrogen-bond acceptors (Lipinski definition) is 5. The van der Waals surface area contributed by atoms with Crippen molar-refractivity contribution < 1.29 is 46.9 Å². The zero-order valence-corrected chi connectivity index (χ0v) is 8.76. The highest BCUT2D eigenvalue weighted by Crippen LogP contribution is 2.27. The Hall–Kier alpha value is -1.24. The normalized spacial score (nSPS) is 11.9. The summed E-state index contributed by atoms with van der Waals surface area (Å²) in [6.07, 6.45) is -6.95. The topological polar surface area (TPSA) is 77.5 Å². The van der Waals surface area contributed by atoms with Crippen molar-refractivity contribution in [3.63, 3.8) is 0 Å². The van der Waals surface area contributed by atoms with Crippen LogP contribution < -0.4 is 0 Å². The van der Waals surface area contributed by atoms with Crippen molar-refractivity contribution >= 4 is 20.4 Å². The summed E-state index contributed by atoms with van der Waals surface area (Å²) in [6, 6.07) is 0. The first-order valence-corrected chi connectivity index (χ1v) is 5.81. The van der Waals surface area contributed by atoms with Crippen LogP contribution in [0.15, 0.2) is 22.3 Å². The van der Waals surface area contributed by atoms with Gasteiger partial charge in [0.25, 0.3) is 0 Å². The van der Waals surface area contributed by atoms with Crippen LogP contribution in [0, 0.1) is 0 Å². The molecule has 0 N–H and O–H groups in total. The van der Waals surface area contributed by atoms with Crippen LogP contribution in [-0.4, -0.2) is 16.8 Å². The van der Waals surface area contributed by atoms with E-state index >= 15 is 0 Å². The summed E-state index contributed by atoms with van der Waals surface area (Å²) in [5.41, 5.74) is 0. The first-order chi connectivity index (χ1) is 7.37. The second kappa shape index (κ2) is 4.95. The van der Waals surface area contributed by atoms with Crippen LogP contribution in [0.4, 0.5) is 25.3 Å². The molecule has 0 saturated carbocycles. The zero-order valence-electron chi connectivity index (χ0n) is 7.13. The van der Waals surface area contributed by atoms with Crippen LogP contribution >= 0.6 is 0 Å². The van der Waals surface area contributed by atoms with Gasteiger partial charge in [-0.15, -0.1) is 0 Å². The summed E-state index contributed by atoms with van der Waals surface area (Å²) in [5.74, 6) is 0. The maximum absolute atomic E-state index is 12.0. The first-order valence-electron chi connectivity index (χ1n) is 3.05.